The van der Waals surface area contributed by atoms with Crippen LogP contribution in [0.4, 0.5) is 5.69 Å². The number of hydrogen-bond donors (Lipinski definition) is 1. The number of esters is 1. The predicted molar refractivity (Wildman–Crippen MR) is 72.6 cm³/mol. The maximum absolute atomic E-state index is 12.0. The summed E-state index contributed by atoms with van der Waals surface area (Å²) in [6, 6.07) is 6.56. The number of carbonyl (C=O) groups is 2. The second-order valence-electron chi connectivity index (χ2n) is 3.78. The molecule has 0 aliphatic heterocycles. The van der Waals surface area contributed by atoms with Gasteiger partial charge in [-0.15, -0.1) is 11.3 Å². The summed E-state index contributed by atoms with van der Waals surface area (Å²) < 4.78 is 4.63. The SMILES string of the molecule is COC(=O)c1cccc(NC(=O)c2ncsc2C)c1. The Morgan fingerprint density at radius 3 is 2.79 bits per heavy atom. The number of rotatable bonds is 3. The fraction of sp³-hybridized carbons (Fsp3) is 0.154. The summed E-state index contributed by atoms with van der Waals surface area (Å²) in [5, 5.41) is 2.70. The molecule has 1 heterocycles. The summed E-state index contributed by atoms with van der Waals surface area (Å²) in [4.78, 5) is 28.2. The number of anilines is 1. The molecule has 0 atom stereocenters. The van der Waals surface area contributed by atoms with Gasteiger partial charge < -0.3 is 10.1 Å². The van der Waals surface area contributed by atoms with Crippen molar-refractivity contribution in [3.63, 3.8) is 0 Å². The van der Waals surface area contributed by atoms with E-state index in [0.29, 0.717) is 16.9 Å². The average Bonchev–Trinajstić information content (AvgIpc) is 2.84. The molecule has 0 bridgehead atoms. The first-order valence-electron chi connectivity index (χ1n) is 5.51. The van der Waals surface area contributed by atoms with Crippen LogP contribution >= 0.6 is 11.3 Å². The smallest absolute Gasteiger partial charge is 0.337 e. The van der Waals surface area contributed by atoms with Crippen molar-refractivity contribution >= 4 is 28.9 Å². The molecule has 5 nitrogen and oxygen atoms in total. The highest BCUT2D eigenvalue weighted by Gasteiger charge is 2.13. The Morgan fingerprint density at radius 1 is 1.37 bits per heavy atom. The number of amides is 1. The maximum Gasteiger partial charge on any atom is 0.337 e. The van der Waals surface area contributed by atoms with Gasteiger partial charge in [0.1, 0.15) is 5.69 Å². The maximum atomic E-state index is 12.0. The van der Waals surface area contributed by atoms with Crippen molar-refractivity contribution in [3.8, 4) is 0 Å². The van der Waals surface area contributed by atoms with Gasteiger partial charge in [0, 0.05) is 10.6 Å². The van der Waals surface area contributed by atoms with Crippen molar-refractivity contribution < 1.29 is 14.3 Å². The minimum atomic E-state index is -0.444. The number of methoxy groups -OCH3 is 1. The summed E-state index contributed by atoms with van der Waals surface area (Å²) >= 11 is 1.41. The lowest BCUT2D eigenvalue weighted by Crippen LogP contribution is -2.14. The van der Waals surface area contributed by atoms with Crippen LogP contribution in [0.5, 0.6) is 0 Å². The van der Waals surface area contributed by atoms with E-state index >= 15 is 0 Å². The number of ether oxygens (including phenoxy) is 1. The third kappa shape index (κ3) is 2.97. The molecule has 1 aromatic carbocycles. The summed E-state index contributed by atoms with van der Waals surface area (Å²) in [5.74, 6) is -0.735. The van der Waals surface area contributed by atoms with Crippen LogP contribution < -0.4 is 5.32 Å². The normalized spacial score (nSPS) is 10.0. The van der Waals surface area contributed by atoms with E-state index in [9.17, 15) is 9.59 Å². The van der Waals surface area contributed by atoms with Gasteiger partial charge >= 0.3 is 5.97 Å². The second kappa shape index (κ2) is 5.62. The highest BCUT2D eigenvalue weighted by Crippen LogP contribution is 2.16. The lowest BCUT2D eigenvalue weighted by molar-refractivity contribution is 0.0600. The van der Waals surface area contributed by atoms with E-state index in [-0.39, 0.29) is 5.91 Å². The van der Waals surface area contributed by atoms with E-state index in [1.54, 1.807) is 29.8 Å². The summed E-state index contributed by atoms with van der Waals surface area (Å²) in [6.07, 6.45) is 0. The van der Waals surface area contributed by atoms with Gasteiger partial charge in [0.2, 0.25) is 0 Å². The molecule has 2 aromatic rings. The molecule has 0 unspecified atom stereocenters. The van der Waals surface area contributed by atoms with Crippen LogP contribution in [-0.4, -0.2) is 24.0 Å². The fourth-order valence-electron chi connectivity index (χ4n) is 1.56. The molecule has 0 fully saturated rings. The molecule has 0 aliphatic rings. The molecular formula is C13H12N2O3S. The predicted octanol–water partition coefficient (Wildman–Crippen LogP) is 2.49. The Balaban J connectivity index is 2.18. The minimum Gasteiger partial charge on any atom is -0.465 e. The zero-order chi connectivity index (χ0) is 13.8. The van der Waals surface area contributed by atoms with E-state index in [1.165, 1.54) is 18.4 Å². The summed E-state index contributed by atoms with van der Waals surface area (Å²) in [5.41, 5.74) is 2.93. The molecule has 2 rings (SSSR count). The molecule has 6 heteroatoms. The van der Waals surface area contributed by atoms with Crippen molar-refractivity contribution in [2.45, 2.75) is 6.92 Å². The van der Waals surface area contributed by atoms with Gasteiger partial charge in [-0.25, -0.2) is 9.78 Å². The zero-order valence-electron chi connectivity index (χ0n) is 10.5. The summed E-state index contributed by atoms with van der Waals surface area (Å²) in [6.45, 7) is 1.83. The van der Waals surface area contributed by atoms with Crippen LogP contribution in [0.2, 0.25) is 0 Å². The third-order valence-corrected chi connectivity index (χ3v) is 3.26. The van der Waals surface area contributed by atoms with Crippen molar-refractivity contribution in [1.82, 2.24) is 4.98 Å². The largest absolute Gasteiger partial charge is 0.465 e. The molecule has 0 radical (unpaired) electrons. The van der Waals surface area contributed by atoms with E-state index in [2.05, 4.69) is 15.0 Å². The first kappa shape index (κ1) is 13.2. The number of aryl methyl sites for hydroxylation is 1. The molecule has 1 N–H and O–H groups in total. The number of nitrogens with one attached hydrogen (secondary N) is 1. The number of hydrogen-bond acceptors (Lipinski definition) is 5. The monoisotopic (exact) mass is 276 g/mol. The Bertz CT molecular complexity index is 622. The van der Waals surface area contributed by atoms with Crippen LogP contribution in [0.1, 0.15) is 25.7 Å². The Kier molecular flexibility index (Phi) is 3.91. The van der Waals surface area contributed by atoms with Gasteiger partial charge in [-0.3, -0.25) is 4.79 Å². The highest BCUT2D eigenvalue weighted by molar-refractivity contribution is 7.09. The van der Waals surface area contributed by atoms with E-state index in [4.69, 9.17) is 0 Å². The Labute approximate surface area is 114 Å². The lowest BCUT2D eigenvalue weighted by atomic mass is 10.2. The number of thiazole rings is 1. The Hall–Kier alpha value is -2.21. The van der Waals surface area contributed by atoms with Gasteiger partial charge in [-0.05, 0) is 25.1 Å². The quantitative estimate of drug-likeness (QED) is 0.874. The van der Waals surface area contributed by atoms with Gasteiger partial charge in [0.15, 0.2) is 0 Å². The van der Waals surface area contributed by atoms with Crippen molar-refractivity contribution in [2.24, 2.45) is 0 Å². The van der Waals surface area contributed by atoms with Crippen LogP contribution in [0.3, 0.4) is 0 Å². The lowest BCUT2D eigenvalue weighted by Gasteiger charge is -2.05. The van der Waals surface area contributed by atoms with Crippen molar-refractivity contribution in [2.75, 3.05) is 12.4 Å². The molecule has 0 aliphatic carbocycles. The molecule has 1 aromatic heterocycles. The first-order chi connectivity index (χ1) is 9.11. The van der Waals surface area contributed by atoms with E-state index in [1.807, 2.05) is 6.92 Å². The van der Waals surface area contributed by atoms with E-state index in [0.717, 1.165) is 4.88 Å². The zero-order valence-corrected chi connectivity index (χ0v) is 11.3. The number of benzene rings is 1. The van der Waals surface area contributed by atoms with Crippen LogP contribution in [0, 0.1) is 6.92 Å². The molecule has 19 heavy (non-hydrogen) atoms. The number of aromatic nitrogens is 1. The average molecular weight is 276 g/mol. The second-order valence-corrected chi connectivity index (χ2v) is 4.84. The molecule has 0 saturated heterocycles. The standard InChI is InChI=1S/C13H12N2O3S/c1-8-11(14-7-19-8)12(16)15-10-5-3-4-9(6-10)13(17)18-2/h3-7H,1-2H3,(H,15,16). The molecular weight excluding hydrogens is 264 g/mol. The van der Waals surface area contributed by atoms with Crippen LogP contribution in [0.15, 0.2) is 29.8 Å². The topological polar surface area (TPSA) is 68.3 Å². The third-order valence-electron chi connectivity index (χ3n) is 2.50. The fourth-order valence-corrected chi connectivity index (χ4v) is 2.13. The number of nitrogens with zero attached hydrogens (tertiary/aromatic N) is 1. The highest BCUT2D eigenvalue weighted by atomic mass is 32.1. The van der Waals surface area contributed by atoms with Crippen molar-refractivity contribution in [3.05, 3.63) is 45.9 Å². The number of carbonyl (C=O) groups excluding carboxylic acids is 2. The Morgan fingerprint density at radius 2 is 2.16 bits per heavy atom. The van der Waals surface area contributed by atoms with Gasteiger partial charge in [-0.1, -0.05) is 6.07 Å². The van der Waals surface area contributed by atoms with Crippen LogP contribution in [-0.2, 0) is 4.74 Å². The first-order valence-corrected chi connectivity index (χ1v) is 6.39. The molecule has 1 amide bonds. The van der Waals surface area contributed by atoms with E-state index < -0.39 is 5.97 Å². The molecule has 0 spiro atoms. The van der Waals surface area contributed by atoms with Gasteiger partial charge in [0.25, 0.3) is 5.91 Å². The minimum absolute atomic E-state index is 0.291. The molecule has 0 saturated carbocycles. The van der Waals surface area contributed by atoms with Gasteiger partial charge in [-0.2, -0.15) is 0 Å². The van der Waals surface area contributed by atoms with Crippen molar-refractivity contribution in [1.29, 1.82) is 0 Å². The molecule has 98 valence electrons. The van der Waals surface area contributed by atoms with Gasteiger partial charge in [0.05, 0.1) is 18.2 Å². The van der Waals surface area contributed by atoms with Crippen LogP contribution in [0.25, 0.3) is 0 Å². The summed E-state index contributed by atoms with van der Waals surface area (Å²) in [7, 11) is 1.31.